The van der Waals surface area contributed by atoms with E-state index in [0.717, 1.165) is 0 Å². The van der Waals surface area contributed by atoms with Gasteiger partial charge in [-0.25, -0.2) is 4.98 Å². The van der Waals surface area contributed by atoms with Crippen molar-refractivity contribution in [1.29, 1.82) is 0 Å². The summed E-state index contributed by atoms with van der Waals surface area (Å²) >= 11 is 6.12. The summed E-state index contributed by atoms with van der Waals surface area (Å²) < 4.78 is 5.48. The normalized spacial score (nSPS) is 18.1. The minimum Gasteiger partial charge on any atom is -0.481 e. The summed E-state index contributed by atoms with van der Waals surface area (Å²) in [5.74, 6) is -0.976. The molecular formula is C16H21ClN2O4. The molecule has 1 atom stereocenters. The number of aromatic nitrogens is 1. The van der Waals surface area contributed by atoms with Gasteiger partial charge in [0.25, 0.3) is 5.91 Å². The number of carbonyl (C=O) groups is 2. The third-order valence-electron chi connectivity index (χ3n) is 3.67. The number of hydrogen-bond donors (Lipinski definition) is 1. The fraction of sp³-hybridized carbons (Fsp3) is 0.562. The predicted molar refractivity (Wildman–Crippen MR) is 85.8 cm³/mol. The number of aliphatic carboxylic acids is 1. The number of carboxylic acids is 1. The van der Waals surface area contributed by atoms with Gasteiger partial charge in [-0.3, -0.25) is 9.59 Å². The number of pyridine rings is 1. The lowest BCUT2D eigenvalue weighted by Gasteiger charge is -2.30. The van der Waals surface area contributed by atoms with E-state index < -0.39 is 11.9 Å². The van der Waals surface area contributed by atoms with Crippen molar-refractivity contribution in [3.05, 3.63) is 22.8 Å². The Balaban J connectivity index is 2.07. The van der Waals surface area contributed by atoms with Crippen LogP contribution in [0.25, 0.3) is 0 Å². The Hall–Kier alpha value is -1.82. The molecule has 1 aromatic rings. The van der Waals surface area contributed by atoms with Crippen LogP contribution < -0.4 is 4.74 Å². The molecule has 1 aromatic heterocycles. The van der Waals surface area contributed by atoms with Crippen LogP contribution in [0.3, 0.4) is 0 Å². The molecule has 126 valence electrons. The lowest BCUT2D eigenvalue weighted by atomic mass is 9.98. The van der Waals surface area contributed by atoms with Crippen LogP contribution in [-0.2, 0) is 4.79 Å². The highest BCUT2D eigenvalue weighted by molar-refractivity contribution is 6.32. The van der Waals surface area contributed by atoms with Gasteiger partial charge in [-0.1, -0.05) is 25.4 Å². The van der Waals surface area contributed by atoms with Gasteiger partial charge < -0.3 is 14.7 Å². The van der Waals surface area contributed by atoms with Crippen LogP contribution in [-0.4, -0.2) is 46.6 Å². The summed E-state index contributed by atoms with van der Waals surface area (Å²) in [7, 11) is 0. The van der Waals surface area contributed by atoms with Crippen molar-refractivity contribution in [3.63, 3.8) is 0 Å². The van der Waals surface area contributed by atoms with E-state index in [1.807, 2.05) is 13.8 Å². The summed E-state index contributed by atoms with van der Waals surface area (Å²) in [4.78, 5) is 29.2. The molecule has 0 radical (unpaired) electrons. The number of halogens is 1. The number of hydrogen-bond acceptors (Lipinski definition) is 4. The number of rotatable bonds is 5. The van der Waals surface area contributed by atoms with E-state index >= 15 is 0 Å². The lowest BCUT2D eigenvalue weighted by Crippen LogP contribution is -2.42. The molecule has 0 spiro atoms. The zero-order valence-electron chi connectivity index (χ0n) is 13.3. The summed E-state index contributed by atoms with van der Waals surface area (Å²) in [6.45, 7) is 5.29. The second-order valence-electron chi connectivity index (χ2n) is 6.14. The summed E-state index contributed by atoms with van der Waals surface area (Å²) in [6, 6.07) is 1.52. The molecular weight excluding hydrogens is 320 g/mol. The molecule has 1 saturated heterocycles. The molecule has 0 unspecified atom stereocenters. The van der Waals surface area contributed by atoms with Crippen molar-refractivity contribution >= 4 is 23.5 Å². The van der Waals surface area contributed by atoms with E-state index in [-0.39, 0.29) is 17.5 Å². The van der Waals surface area contributed by atoms with Crippen LogP contribution in [0.1, 0.15) is 37.0 Å². The molecule has 0 bridgehead atoms. The predicted octanol–water partition coefficient (Wildman–Crippen LogP) is 2.71. The minimum atomic E-state index is -0.865. The highest BCUT2D eigenvalue weighted by Crippen LogP contribution is 2.25. The molecule has 23 heavy (non-hydrogen) atoms. The van der Waals surface area contributed by atoms with E-state index in [1.165, 1.54) is 12.3 Å². The van der Waals surface area contributed by atoms with E-state index in [9.17, 15) is 9.59 Å². The Kier molecular flexibility index (Phi) is 5.82. The molecule has 2 rings (SSSR count). The van der Waals surface area contributed by atoms with Gasteiger partial charge >= 0.3 is 5.97 Å². The van der Waals surface area contributed by atoms with E-state index in [2.05, 4.69) is 4.98 Å². The largest absolute Gasteiger partial charge is 0.481 e. The molecule has 0 aromatic carbocycles. The van der Waals surface area contributed by atoms with Gasteiger partial charge in [0, 0.05) is 19.3 Å². The maximum absolute atomic E-state index is 12.5. The van der Waals surface area contributed by atoms with Crippen molar-refractivity contribution in [2.45, 2.75) is 26.7 Å². The molecule has 1 aliphatic rings. The fourth-order valence-electron chi connectivity index (χ4n) is 2.44. The highest BCUT2D eigenvalue weighted by Gasteiger charge is 2.29. The van der Waals surface area contributed by atoms with Crippen LogP contribution in [0, 0.1) is 11.8 Å². The smallest absolute Gasteiger partial charge is 0.308 e. The third kappa shape index (κ3) is 4.58. The van der Waals surface area contributed by atoms with Crippen LogP contribution in [0.5, 0.6) is 5.88 Å². The number of likely N-dealkylation sites (tertiary alicyclic amines) is 1. The quantitative estimate of drug-likeness (QED) is 0.891. The summed E-state index contributed by atoms with van der Waals surface area (Å²) in [6.07, 6.45) is 2.70. The number of carbonyl (C=O) groups excluding carboxylic acids is 1. The van der Waals surface area contributed by atoms with Crippen LogP contribution in [0.15, 0.2) is 12.3 Å². The Labute approximate surface area is 140 Å². The van der Waals surface area contributed by atoms with Gasteiger partial charge in [-0.2, -0.15) is 0 Å². The van der Waals surface area contributed by atoms with Gasteiger partial charge in [-0.05, 0) is 24.8 Å². The number of amides is 1. The average molecular weight is 341 g/mol. The second-order valence-corrected chi connectivity index (χ2v) is 6.55. The molecule has 1 aliphatic heterocycles. The Morgan fingerprint density at radius 2 is 2.26 bits per heavy atom. The van der Waals surface area contributed by atoms with Gasteiger partial charge in [0.2, 0.25) is 5.88 Å². The molecule has 1 amide bonds. The number of ether oxygens (including phenoxy) is 1. The number of piperidine rings is 1. The van der Waals surface area contributed by atoms with Gasteiger partial charge in [0.15, 0.2) is 0 Å². The second kappa shape index (κ2) is 7.64. The molecule has 0 aliphatic carbocycles. The Morgan fingerprint density at radius 1 is 1.52 bits per heavy atom. The highest BCUT2D eigenvalue weighted by atomic mass is 35.5. The van der Waals surface area contributed by atoms with Crippen LogP contribution in [0.4, 0.5) is 0 Å². The first-order valence-corrected chi connectivity index (χ1v) is 8.06. The molecule has 7 heteroatoms. The molecule has 2 heterocycles. The first-order chi connectivity index (χ1) is 10.9. The van der Waals surface area contributed by atoms with Gasteiger partial charge in [0.05, 0.1) is 18.1 Å². The van der Waals surface area contributed by atoms with Gasteiger partial charge in [-0.15, -0.1) is 0 Å². The van der Waals surface area contributed by atoms with Crippen LogP contribution in [0.2, 0.25) is 5.02 Å². The van der Waals surface area contributed by atoms with Crippen molar-refractivity contribution in [2.75, 3.05) is 19.7 Å². The topological polar surface area (TPSA) is 79.7 Å². The van der Waals surface area contributed by atoms with Crippen molar-refractivity contribution in [2.24, 2.45) is 11.8 Å². The lowest BCUT2D eigenvalue weighted by molar-refractivity contribution is -0.143. The molecule has 0 saturated carbocycles. The minimum absolute atomic E-state index is 0.220. The molecule has 1 fully saturated rings. The Morgan fingerprint density at radius 3 is 2.87 bits per heavy atom. The third-order valence-corrected chi connectivity index (χ3v) is 3.94. The maximum atomic E-state index is 12.5. The first kappa shape index (κ1) is 17.5. The number of carboxylic acid groups (broad SMARTS) is 1. The molecule has 1 N–H and O–H groups in total. The first-order valence-electron chi connectivity index (χ1n) is 7.69. The monoisotopic (exact) mass is 340 g/mol. The maximum Gasteiger partial charge on any atom is 0.308 e. The van der Waals surface area contributed by atoms with E-state index in [1.54, 1.807) is 4.90 Å². The van der Waals surface area contributed by atoms with Gasteiger partial charge in [0.1, 0.15) is 5.02 Å². The van der Waals surface area contributed by atoms with Crippen molar-refractivity contribution in [1.82, 2.24) is 9.88 Å². The van der Waals surface area contributed by atoms with E-state index in [4.69, 9.17) is 21.4 Å². The van der Waals surface area contributed by atoms with Crippen molar-refractivity contribution in [3.8, 4) is 5.88 Å². The van der Waals surface area contributed by atoms with Crippen LogP contribution >= 0.6 is 11.6 Å². The van der Waals surface area contributed by atoms with E-state index in [0.29, 0.717) is 43.4 Å². The van der Waals surface area contributed by atoms with Crippen molar-refractivity contribution < 1.29 is 19.4 Å². The zero-order chi connectivity index (χ0) is 17.0. The SMILES string of the molecule is CC(C)COc1ncc(C(=O)N2CCC[C@H](C(=O)O)C2)cc1Cl. The molecule has 6 nitrogen and oxygen atoms in total. The zero-order valence-corrected chi connectivity index (χ0v) is 14.0. The summed E-state index contributed by atoms with van der Waals surface area (Å²) in [5, 5.41) is 9.39. The summed E-state index contributed by atoms with van der Waals surface area (Å²) in [5.41, 5.74) is 0.345. The fourth-order valence-corrected chi connectivity index (χ4v) is 2.66. The Bertz CT molecular complexity index is 591. The average Bonchev–Trinajstić information content (AvgIpc) is 2.53. The number of nitrogens with zero attached hydrogens (tertiary/aromatic N) is 2. The standard InChI is InChI=1S/C16H21ClN2O4/c1-10(2)9-23-14-13(17)6-12(7-18-14)15(20)19-5-3-4-11(8-19)16(21)22/h6-7,10-11H,3-5,8-9H2,1-2H3,(H,21,22)/t11-/m0/s1.